The van der Waals surface area contributed by atoms with Crippen molar-refractivity contribution in [2.75, 3.05) is 24.7 Å². The first kappa shape index (κ1) is 32.2. The summed E-state index contributed by atoms with van der Waals surface area (Å²) in [6.45, 7) is 2.26. The van der Waals surface area contributed by atoms with Crippen LogP contribution in [-0.4, -0.2) is 49.2 Å². The summed E-state index contributed by atoms with van der Waals surface area (Å²) in [6.07, 6.45) is 11.7. The standard InChI is InChI=1S/C45H44N2O4/c1-2-6-33(7-3-1)40(34-13-21-39(22-14-34)49-30-36-16-24-42-45(36)51-42)28-32-11-19-38(20-12-32)47(43-8-4-5-26-46-43)37-17-9-31(10-18-37)25-27-48-29-35-15-23-41-44(35)50-41/h1-14,17-22,26,28,35-36,41-42,44-45H,15-16,23-25,27,29-30H2. The highest BCUT2D eigenvalue weighted by Gasteiger charge is 2.50. The van der Waals surface area contributed by atoms with Gasteiger partial charge in [0.05, 0.1) is 44.2 Å². The number of benzene rings is 4. The fourth-order valence-corrected chi connectivity index (χ4v) is 7.96. The summed E-state index contributed by atoms with van der Waals surface area (Å²) in [5.41, 5.74) is 7.98. The monoisotopic (exact) mass is 676 g/mol. The maximum Gasteiger partial charge on any atom is 0.137 e. The van der Waals surface area contributed by atoms with Crippen molar-refractivity contribution in [1.82, 2.24) is 4.98 Å². The molecule has 51 heavy (non-hydrogen) atoms. The van der Waals surface area contributed by atoms with Crippen molar-refractivity contribution in [1.29, 1.82) is 0 Å². The molecular formula is C45H44N2O4. The summed E-state index contributed by atoms with van der Waals surface area (Å²) in [4.78, 5) is 6.93. The van der Waals surface area contributed by atoms with Crippen LogP contribution in [-0.2, 0) is 20.6 Å². The second kappa shape index (κ2) is 14.5. The molecule has 3 heterocycles. The van der Waals surface area contributed by atoms with Crippen molar-refractivity contribution in [2.45, 2.75) is 56.5 Å². The summed E-state index contributed by atoms with van der Waals surface area (Å²) in [7, 11) is 0. The van der Waals surface area contributed by atoms with Crippen molar-refractivity contribution in [3.8, 4) is 5.75 Å². The highest BCUT2D eigenvalue weighted by molar-refractivity contribution is 5.91. The van der Waals surface area contributed by atoms with Crippen LogP contribution >= 0.6 is 0 Å². The Kier molecular flexibility index (Phi) is 9.13. The molecule has 0 N–H and O–H groups in total. The Hall–Kier alpha value is -4.75. The molecule has 0 spiro atoms. The number of epoxide rings is 2. The van der Waals surface area contributed by atoms with Gasteiger partial charge >= 0.3 is 0 Å². The van der Waals surface area contributed by atoms with Gasteiger partial charge in [-0.3, -0.25) is 4.90 Å². The number of rotatable bonds is 14. The van der Waals surface area contributed by atoms with E-state index >= 15 is 0 Å². The third-order valence-electron chi connectivity index (χ3n) is 10.9. The molecule has 2 saturated heterocycles. The molecule has 0 radical (unpaired) electrons. The lowest BCUT2D eigenvalue weighted by Gasteiger charge is -2.24. The highest BCUT2D eigenvalue weighted by atomic mass is 16.6. The van der Waals surface area contributed by atoms with Gasteiger partial charge in [0, 0.05) is 29.4 Å². The van der Waals surface area contributed by atoms with E-state index in [-0.39, 0.29) is 0 Å². The number of anilines is 3. The zero-order valence-electron chi connectivity index (χ0n) is 28.9. The molecule has 0 amide bonds. The van der Waals surface area contributed by atoms with Crippen LogP contribution in [0.2, 0.25) is 0 Å². The molecular weight excluding hydrogens is 633 g/mol. The molecule has 258 valence electrons. The summed E-state index contributed by atoms with van der Waals surface area (Å²) in [5, 5.41) is 0. The molecule has 6 unspecified atom stereocenters. The molecule has 0 bridgehead atoms. The fourth-order valence-electron chi connectivity index (χ4n) is 7.96. The van der Waals surface area contributed by atoms with Crippen LogP contribution in [0.3, 0.4) is 0 Å². The van der Waals surface area contributed by atoms with Crippen LogP contribution in [0, 0.1) is 11.8 Å². The van der Waals surface area contributed by atoms with Crippen molar-refractivity contribution in [2.24, 2.45) is 11.8 Å². The largest absolute Gasteiger partial charge is 0.493 e. The molecule has 1 aromatic heterocycles. The Labute approximate surface area is 300 Å². The van der Waals surface area contributed by atoms with Gasteiger partial charge in [-0.1, -0.05) is 72.8 Å². The Balaban J connectivity index is 0.911. The van der Waals surface area contributed by atoms with Gasteiger partial charge in [0.25, 0.3) is 0 Å². The molecule has 6 nitrogen and oxygen atoms in total. The summed E-state index contributed by atoms with van der Waals surface area (Å²) in [5.74, 6) is 2.87. The van der Waals surface area contributed by atoms with E-state index in [0.29, 0.717) is 36.3 Å². The van der Waals surface area contributed by atoms with Gasteiger partial charge in [0.1, 0.15) is 11.6 Å². The quantitative estimate of drug-likeness (QED) is 0.0664. The molecule has 2 aliphatic heterocycles. The minimum Gasteiger partial charge on any atom is -0.493 e. The Morgan fingerprint density at radius 2 is 1.31 bits per heavy atom. The van der Waals surface area contributed by atoms with E-state index in [4.69, 9.17) is 23.9 Å². The van der Waals surface area contributed by atoms with Gasteiger partial charge < -0.3 is 18.9 Å². The molecule has 2 aliphatic carbocycles. The molecule has 2 saturated carbocycles. The first-order valence-corrected chi connectivity index (χ1v) is 18.5. The van der Waals surface area contributed by atoms with E-state index in [2.05, 4.69) is 120 Å². The topological polar surface area (TPSA) is 59.7 Å². The van der Waals surface area contributed by atoms with Crippen molar-refractivity contribution < 1.29 is 18.9 Å². The summed E-state index contributed by atoms with van der Waals surface area (Å²) >= 11 is 0. The van der Waals surface area contributed by atoms with E-state index in [1.165, 1.54) is 36.8 Å². The van der Waals surface area contributed by atoms with Crippen LogP contribution in [0.5, 0.6) is 5.75 Å². The highest BCUT2D eigenvalue weighted by Crippen LogP contribution is 2.44. The van der Waals surface area contributed by atoms with E-state index in [1.54, 1.807) is 0 Å². The van der Waals surface area contributed by atoms with Crippen LogP contribution in [0.4, 0.5) is 17.2 Å². The second-order valence-corrected chi connectivity index (χ2v) is 14.3. The minimum absolute atomic E-state index is 0.419. The van der Waals surface area contributed by atoms with Gasteiger partial charge in [-0.05, 0) is 115 Å². The van der Waals surface area contributed by atoms with E-state index in [9.17, 15) is 0 Å². The van der Waals surface area contributed by atoms with Crippen LogP contribution < -0.4 is 9.64 Å². The fraction of sp³-hybridized carbons (Fsp3) is 0.311. The summed E-state index contributed by atoms with van der Waals surface area (Å²) in [6, 6.07) is 42.6. The molecule has 6 heteroatoms. The van der Waals surface area contributed by atoms with E-state index in [1.807, 2.05) is 18.3 Å². The normalized spacial score (nSPS) is 24.5. The van der Waals surface area contributed by atoms with E-state index in [0.717, 1.165) is 65.9 Å². The maximum absolute atomic E-state index is 6.19. The number of ether oxygens (including phenoxy) is 4. The SMILES string of the molecule is C(=C(c1ccccc1)c1ccc(OCC2CCC3OC23)cc1)c1ccc(N(c2ccc(CCOCC3CCC4OC34)cc2)c2ccccn2)cc1. The third-order valence-corrected chi connectivity index (χ3v) is 10.9. The Bertz CT molecular complexity index is 1930. The predicted molar refractivity (Wildman–Crippen MR) is 202 cm³/mol. The first-order chi connectivity index (χ1) is 25.2. The Morgan fingerprint density at radius 3 is 1.94 bits per heavy atom. The van der Waals surface area contributed by atoms with Gasteiger partial charge in [-0.2, -0.15) is 0 Å². The van der Waals surface area contributed by atoms with Crippen LogP contribution in [0.15, 0.2) is 128 Å². The van der Waals surface area contributed by atoms with Gasteiger partial charge in [-0.15, -0.1) is 0 Å². The number of nitrogens with zero attached hydrogens (tertiary/aromatic N) is 2. The number of fused-ring (bicyclic) bond motifs is 2. The van der Waals surface area contributed by atoms with Crippen molar-refractivity contribution >= 4 is 28.8 Å². The molecule has 5 aromatic rings. The lowest BCUT2D eigenvalue weighted by Crippen LogP contribution is -2.14. The second-order valence-electron chi connectivity index (χ2n) is 14.3. The number of hydrogen-bond acceptors (Lipinski definition) is 6. The van der Waals surface area contributed by atoms with Crippen LogP contribution in [0.25, 0.3) is 11.6 Å². The Morgan fingerprint density at radius 1 is 0.667 bits per heavy atom. The lowest BCUT2D eigenvalue weighted by molar-refractivity contribution is 0.0849. The molecule has 4 aliphatic rings. The third kappa shape index (κ3) is 7.36. The molecule has 4 aromatic carbocycles. The van der Waals surface area contributed by atoms with E-state index < -0.39 is 0 Å². The average Bonchev–Trinajstić information content (AvgIpc) is 4.08. The average molecular weight is 677 g/mol. The zero-order valence-corrected chi connectivity index (χ0v) is 28.9. The molecule has 4 fully saturated rings. The predicted octanol–water partition coefficient (Wildman–Crippen LogP) is 9.43. The minimum atomic E-state index is 0.419. The van der Waals surface area contributed by atoms with Gasteiger partial charge in [0.2, 0.25) is 0 Å². The van der Waals surface area contributed by atoms with Crippen molar-refractivity contribution in [3.63, 3.8) is 0 Å². The van der Waals surface area contributed by atoms with Crippen LogP contribution in [0.1, 0.15) is 47.9 Å². The zero-order chi connectivity index (χ0) is 34.0. The van der Waals surface area contributed by atoms with Gasteiger partial charge in [0.15, 0.2) is 0 Å². The number of hydrogen-bond donors (Lipinski definition) is 0. The smallest absolute Gasteiger partial charge is 0.137 e. The first-order valence-electron chi connectivity index (χ1n) is 18.5. The lowest BCUT2D eigenvalue weighted by atomic mass is 9.95. The maximum atomic E-state index is 6.19. The van der Waals surface area contributed by atoms with Crippen molar-refractivity contribution in [3.05, 3.63) is 150 Å². The number of aromatic nitrogens is 1. The molecule has 6 atom stereocenters. The molecule has 9 rings (SSSR count). The summed E-state index contributed by atoms with van der Waals surface area (Å²) < 4.78 is 23.6. The van der Waals surface area contributed by atoms with Gasteiger partial charge in [-0.25, -0.2) is 4.98 Å². The number of pyridine rings is 1.